The first-order valence-corrected chi connectivity index (χ1v) is 7.28. The Hall–Kier alpha value is -2.40. The highest BCUT2D eigenvalue weighted by Gasteiger charge is 2.10. The smallest absolute Gasteiger partial charge is 0.160 e. The number of anilines is 1. The molecule has 0 aliphatic heterocycles. The summed E-state index contributed by atoms with van der Waals surface area (Å²) < 4.78 is 1.78. The number of fused-ring (bicyclic) bond motifs is 1. The van der Waals surface area contributed by atoms with Crippen molar-refractivity contribution in [1.29, 1.82) is 0 Å². The Bertz CT molecular complexity index is 866. The molecule has 6 heteroatoms. The maximum Gasteiger partial charge on any atom is 0.160 e. The number of rotatable bonds is 3. The summed E-state index contributed by atoms with van der Waals surface area (Å²) in [5.41, 5.74) is 6.74. The van der Waals surface area contributed by atoms with Crippen molar-refractivity contribution < 1.29 is 0 Å². The Balaban J connectivity index is 1.89. The van der Waals surface area contributed by atoms with Gasteiger partial charge in [0.25, 0.3) is 0 Å². The molecule has 0 aliphatic carbocycles. The van der Waals surface area contributed by atoms with Crippen molar-refractivity contribution in [3.05, 3.63) is 52.2 Å². The number of halogens is 1. The van der Waals surface area contributed by atoms with Crippen LogP contribution < -0.4 is 5.43 Å². The van der Waals surface area contributed by atoms with E-state index in [1.54, 1.807) is 10.9 Å². The van der Waals surface area contributed by atoms with Crippen molar-refractivity contribution in [2.24, 2.45) is 12.1 Å². The summed E-state index contributed by atoms with van der Waals surface area (Å²) in [7, 11) is 1.89. The summed E-state index contributed by atoms with van der Waals surface area (Å²) in [5, 5.41) is 10.4. The summed E-state index contributed by atoms with van der Waals surface area (Å²) in [5.74, 6) is 0.677. The summed E-state index contributed by atoms with van der Waals surface area (Å²) in [6.07, 6.45) is 1.68. The molecule has 1 N–H and O–H groups in total. The summed E-state index contributed by atoms with van der Waals surface area (Å²) in [6, 6.07) is 9.49. The van der Waals surface area contributed by atoms with E-state index >= 15 is 0 Å². The van der Waals surface area contributed by atoms with E-state index in [4.69, 9.17) is 11.6 Å². The maximum atomic E-state index is 6.09. The third kappa shape index (κ3) is 2.67. The molecule has 0 unspecified atom stereocenters. The van der Waals surface area contributed by atoms with E-state index in [9.17, 15) is 0 Å². The van der Waals surface area contributed by atoms with Gasteiger partial charge >= 0.3 is 0 Å². The number of hydrogen-bond acceptors (Lipinski definition) is 4. The molecule has 0 bridgehead atoms. The van der Waals surface area contributed by atoms with Gasteiger partial charge in [0.1, 0.15) is 5.82 Å². The lowest BCUT2D eigenvalue weighted by Crippen LogP contribution is -1.98. The van der Waals surface area contributed by atoms with Gasteiger partial charge in [0.05, 0.1) is 11.9 Å². The highest BCUT2D eigenvalue weighted by molar-refractivity contribution is 6.33. The standard InChI is InChI=1S/C16H16ClN5/c1-10-8-14(19-16-15(10)11(2)21-22(16)3)20-18-9-12-6-4-5-7-13(12)17/h4-9H,1-3H3,(H,19,20)/b18-9+. The van der Waals surface area contributed by atoms with E-state index in [2.05, 4.69) is 20.6 Å². The zero-order valence-electron chi connectivity index (χ0n) is 12.6. The Labute approximate surface area is 133 Å². The van der Waals surface area contributed by atoms with Gasteiger partial charge in [0.15, 0.2) is 5.65 Å². The third-order valence-electron chi connectivity index (χ3n) is 3.45. The minimum atomic E-state index is 0.662. The average Bonchev–Trinajstić information content (AvgIpc) is 2.76. The van der Waals surface area contributed by atoms with E-state index in [0.29, 0.717) is 10.8 Å². The Morgan fingerprint density at radius 2 is 2.05 bits per heavy atom. The molecule has 2 aromatic heterocycles. The minimum Gasteiger partial charge on any atom is -0.261 e. The predicted octanol–water partition coefficient (Wildman–Crippen LogP) is 3.68. The number of hydrazone groups is 1. The number of hydrogen-bond donors (Lipinski definition) is 1. The molecule has 5 nitrogen and oxygen atoms in total. The van der Waals surface area contributed by atoms with Crippen LogP contribution in [0.5, 0.6) is 0 Å². The molecule has 0 aliphatic rings. The fourth-order valence-corrected chi connectivity index (χ4v) is 2.65. The van der Waals surface area contributed by atoms with Crippen molar-refractivity contribution in [3.63, 3.8) is 0 Å². The summed E-state index contributed by atoms with van der Waals surface area (Å²) in [4.78, 5) is 4.55. The molecule has 3 aromatic rings. The topological polar surface area (TPSA) is 55.1 Å². The van der Waals surface area contributed by atoms with Crippen molar-refractivity contribution in [2.45, 2.75) is 13.8 Å². The van der Waals surface area contributed by atoms with Crippen LogP contribution in [0.2, 0.25) is 5.02 Å². The normalized spacial score (nSPS) is 11.5. The lowest BCUT2D eigenvalue weighted by molar-refractivity contribution is 0.774. The first kappa shape index (κ1) is 14.5. The van der Waals surface area contributed by atoms with Crippen LogP contribution in [-0.4, -0.2) is 21.0 Å². The Morgan fingerprint density at radius 3 is 2.82 bits per heavy atom. The Morgan fingerprint density at radius 1 is 1.27 bits per heavy atom. The molecule has 22 heavy (non-hydrogen) atoms. The number of pyridine rings is 1. The first-order chi connectivity index (χ1) is 10.6. The molecule has 0 amide bonds. The van der Waals surface area contributed by atoms with E-state index in [1.807, 2.05) is 51.2 Å². The van der Waals surface area contributed by atoms with Crippen LogP contribution in [0.3, 0.4) is 0 Å². The van der Waals surface area contributed by atoms with Crippen molar-refractivity contribution in [1.82, 2.24) is 14.8 Å². The molecular weight excluding hydrogens is 298 g/mol. The van der Waals surface area contributed by atoms with Crippen LogP contribution >= 0.6 is 11.6 Å². The molecule has 2 heterocycles. The zero-order chi connectivity index (χ0) is 15.7. The largest absolute Gasteiger partial charge is 0.261 e. The van der Waals surface area contributed by atoms with Gasteiger partial charge in [-0.25, -0.2) is 4.98 Å². The van der Waals surface area contributed by atoms with Gasteiger partial charge in [0, 0.05) is 23.0 Å². The van der Waals surface area contributed by atoms with Crippen LogP contribution in [0.1, 0.15) is 16.8 Å². The molecule has 0 saturated carbocycles. The highest BCUT2D eigenvalue weighted by atomic mass is 35.5. The second kappa shape index (κ2) is 5.77. The van der Waals surface area contributed by atoms with Gasteiger partial charge in [-0.05, 0) is 31.5 Å². The van der Waals surface area contributed by atoms with Crippen molar-refractivity contribution in [3.8, 4) is 0 Å². The van der Waals surface area contributed by atoms with Crippen molar-refractivity contribution in [2.75, 3.05) is 5.43 Å². The second-order valence-corrected chi connectivity index (χ2v) is 5.53. The van der Waals surface area contributed by atoms with Gasteiger partial charge in [-0.2, -0.15) is 10.2 Å². The highest BCUT2D eigenvalue weighted by Crippen LogP contribution is 2.22. The van der Waals surface area contributed by atoms with Crippen LogP contribution in [0.25, 0.3) is 11.0 Å². The van der Waals surface area contributed by atoms with Gasteiger partial charge in [-0.15, -0.1) is 0 Å². The predicted molar refractivity (Wildman–Crippen MR) is 90.7 cm³/mol. The number of nitrogens with one attached hydrogen (secondary N) is 1. The van der Waals surface area contributed by atoms with Crippen LogP contribution in [-0.2, 0) is 7.05 Å². The summed E-state index contributed by atoms with van der Waals surface area (Å²) in [6.45, 7) is 4.03. The van der Waals surface area contributed by atoms with E-state index in [-0.39, 0.29) is 0 Å². The third-order valence-corrected chi connectivity index (χ3v) is 3.80. The SMILES string of the molecule is Cc1cc(N/N=C/c2ccccc2Cl)nc2c1c(C)nn2C. The fraction of sp³-hybridized carbons (Fsp3) is 0.188. The van der Waals surface area contributed by atoms with Gasteiger partial charge in [-0.1, -0.05) is 29.8 Å². The molecule has 3 rings (SSSR count). The molecule has 0 fully saturated rings. The molecule has 112 valence electrons. The maximum absolute atomic E-state index is 6.09. The molecule has 0 atom stereocenters. The van der Waals surface area contributed by atoms with Gasteiger partial charge < -0.3 is 0 Å². The quantitative estimate of drug-likeness (QED) is 0.592. The zero-order valence-corrected chi connectivity index (χ0v) is 13.4. The van der Waals surface area contributed by atoms with Gasteiger partial charge in [0.2, 0.25) is 0 Å². The number of nitrogens with zero attached hydrogens (tertiary/aromatic N) is 4. The lowest BCUT2D eigenvalue weighted by Gasteiger charge is -2.04. The minimum absolute atomic E-state index is 0.662. The van der Waals surface area contributed by atoms with Gasteiger partial charge in [-0.3, -0.25) is 10.1 Å². The number of aryl methyl sites for hydroxylation is 3. The van der Waals surface area contributed by atoms with Crippen molar-refractivity contribution >= 4 is 34.7 Å². The molecule has 0 spiro atoms. The van der Waals surface area contributed by atoms with E-state index in [0.717, 1.165) is 27.9 Å². The fourth-order valence-electron chi connectivity index (χ4n) is 2.46. The molecule has 1 aromatic carbocycles. The van der Waals surface area contributed by atoms with E-state index in [1.165, 1.54) is 0 Å². The molecular formula is C16H16ClN5. The average molecular weight is 314 g/mol. The monoisotopic (exact) mass is 313 g/mol. The van der Waals surface area contributed by atoms with Crippen LogP contribution in [0, 0.1) is 13.8 Å². The molecule has 0 radical (unpaired) electrons. The number of benzene rings is 1. The lowest BCUT2D eigenvalue weighted by atomic mass is 10.1. The van der Waals surface area contributed by atoms with Crippen LogP contribution in [0.4, 0.5) is 5.82 Å². The second-order valence-electron chi connectivity index (χ2n) is 5.12. The number of aromatic nitrogens is 3. The van der Waals surface area contributed by atoms with E-state index < -0.39 is 0 Å². The Kier molecular flexibility index (Phi) is 3.81. The first-order valence-electron chi connectivity index (χ1n) is 6.91. The van der Waals surface area contributed by atoms with Crippen LogP contribution in [0.15, 0.2) is 35.4 Å². The molecule has 0 saturated heterocycles. The summed E-state index contributed by atoms with van der Waals surface area (Å²) >= 11 is 6.09.